The molecule has 2 aromatic carbocycles. The van der Waals surface area contributed by atoms with Crippen molar-refractivity contribution in [3.63, 3.8) is 0 Å². The third-order valence-electron chi connectivity index (χ3n) is 5.79. The molecule has 0 aliphatic carbocycles. The first kappa shape index (κ1) is 19.3. The van der Waals surface area contributed by atoms with E-state index < -0.39 is 0 Å². The van der Waals surface area contributed by atoms with Crippen molar-refractivity contribution in [3.8, 4) is 22.6 Å². The number of benzene rings is 2. The molecule has 2 saturated heterocycles. The Morgan fingerprint density at radius 2 is 1.07 bits per heavy atom. The van der Waals surface area contributed by atoms with Gasteiger partial charge in [0.25, 0.3) is 0 Å². The molecule has 0 bridgehead atoms. The maximum absolute atomic E-state index is 5.95. The Morgan fingerprint density at radius 3 is 1.36 bits per heavy atom. The van der Waals surface area contributed by atoms with Crippen molar-refractivity contribution in [1.82, 2.24) is 0 Å². The number of ether oxygens (including phenoxy) is 4. The normalized spacial score (nSPS) is 22.4. The van der Waals surface area contributed by atoms with Gasteiger partial charge in [0.05, 0.1) is 38.6 Å². The molecule has 2 aliphatic heterocycles. The second kappa shape index (κ2) is 8.97. The van der Waals surface area contributed by atoms with Gasteiger partial charge in [-0.15, -0.1) is 0 Å². The van der Waals surface area contributed by atoms with Crippen LogP contribution in [-0.4, -0.2) is 38.6 Å². The van der Waals surface area contributed by atoms with E-state index in [1.54, 1.807) is 0 Å². The molecule has 28 heavy (non-hydrogen) atoms. The Balaban J connectivity index is 1.29. The minimum Gasteiger partial charge on any atom is -0.493 e. The monoisotopic (exact) mass is 382 g/mol. The van der Waals surface area contributed by atoms with Crippen molar-refractivity contribution in [2.24, 2.45) is 11.8 Å². The lowest BCUT2D eigenvalue weighted by atomic mass is 10.0. The summed E-state index contributed by atoms with van der Waals surface area (Å²) < 4.78 is 22.7. The van der Waals surface area contributed by atoms with Crippen molar-refractivity contribution in [3.05, 3.63) is 48.5 Å². The van der Waals surface area contributed by atoms with Crippen molar-refractivity contribution < 1.29 is 18.9 Å². The summed E-state index contributed by atoms with van der Waals surface area (Å²) in [5.74, 6) is 2.81. The van der Waals surface area contributed by atoms with Crippen LogP contribution in [0.3, 0.4) is 0 Å². The zero-order valence-corrected chi connectivity index (χ0v) is 16.8. The lowest BCUT2D eigenvalue weighted by Gasteiger charge is -2.14. The van der Waals surface area contributed by atoms with Crippen LogP contribution in [0.2, 0.25) is 0 Å². The lowest BCUT2D eigenvalue weighted by molar-refractivity contribution is 0.206. The molecule has 4 atom stereocenters. The summed E-state index contributed by atoms with van der Waals surface area (Å²) >= 11 is 0. The van der Waals surface area contributed by atoms with E-state index in [1.165, 1.54) is 11.1 Å². The Kier molecular flexibility index (Phi) is 6.18. The van der Waals surface area contributed by atoms with Gasteiger partial charge >= 0.3 is 0 Å². The summed E-state index contributed by atoms with van der Waals surface area (Å²) in [4.78, 5) is 0. The molecule has 2 heterocycles. The quantitative estimate of drug-likeness (QED) is 0.515. The van der Waals surface area contributed by atoms with Crippen LogP contribution in [0.15, 0.2) is 48.5 Å². The minimum atomic E-state index is 0.398. The zero-order valence-electron chi connectivity index (χ0n) is 16.8. The number of hydrogen-bond acceptors (Lipinski definition) is 4. The topological polar surface area (TPSA) is 43.5 Å². The van der Waals surface area contributed by atoms with Gasteiger partial charge in [0.1, 0.15) is 11.5 Å². The van der Waals surface area contributed by atoms with Gasteiger partial charge in [-0.1, -0.05) is 38.1 Å². The first-order valence-electron chi connectivity index (χ1n) is 10.5. The summed E-state index contributed by atoms with van der Waals surface area (Å²) in [7, 11) is 0. The summed E-state index contributed by atoms with van der Waals surface area (Å²) in [5, 5.41) is 0. The predicted octanol–water partition coefficient (Wildman–Crippen LogP) is 4.96. The molecule has 0 radical (unpaired) electrons. The molecule has 0 aromatic heterocycles. The summed E-state index contributed by atoms with van der Waals surface area (Å²) in [6, 6.07) is 16.6. The fraction of sp³-hybridized carbons (Fsp3) is 0.500. The van der Waals surface area contributed by atoms with E-state index in [2.05, 4.69) is 38.1 Å². The summed E-state index contributed by atoms with van der Waals surface area (Å²) in [6.07, 6.45) is 2.97. The Morgan fingerprint density at radius 1 is 0.714 bits per heavy atom. The molecule has 4 rings (SSSR count). The van der Waals surface area contributed by atoms with Gasteiger partial charge in [-0.3, -0.25) is 0 Å². The molecule has 2 fully saturated rings. The van der Waals surface area contributed by atoms with Crippen LogP contribution in [0.1, 0.15) is 26.7 Å². The highest BCUT2D eigenvalue weighted by Crippen LogP contribution is 2.28. The van der Waals surface area contributed by atoms with Gasteiger partial charge in [-0.05, 0) is 48.2 Å². The van der Waals surface area contributed by atoms with Gasteiger partial charge in [-0.25, -0.2) is 0 Å². The maximum Gasteiger partial charge on any atom is 0.119 e. The molecule has 4 unspecified atom stereocenters. The fourth-order valence-corrected chi connectivity index (χ4v) is 3.53. The average molecular weight is 383 g/mol. The van der Waals surface area contributed by atoms with Crippen LogP contribution in [0, 0.1) is 11.8 Å². The molecule has 0 amide bonds. The van der Waals surface area contributed by atoms with Crippen LogP contribution in [0.25, 0.3) is 11.1 Å². The van der Waals surface area contributed by atoms with E-state index >= 15 is 0 Å². The van der Waals surface area contributed by atoms with Crippen molar-refractivity contribution in [2.75, 3.05) is 26.4 Å². The van der Waals surface area contributed by atoms with Crippen LogP contribution >= 0.6 is 0 Å². The molecule has 0 spiro atoms. The Hall–Kier alpha value is -2.04. The van der Waals surface area contributed by atoms with Crippen LogP contribution in [-0.2, 0) is 9.47 Å². The number of hydrogen-bond donors (Lipinski definition) is 0. The zero-order chi connectivity index (χ0) is 19.3. The molecule has 4 nitrogen and oxygen atoms in total. The first-order valence-corrected chi connectivity index (χ1v) is 10.5. The van der Waals surface area contributed by atoms with E-state index in [0.717, 1.165) is 50.8 Å². The van der Waals surface area contributed by atoms with Gasteiger partial charge in [0.15, 0.2) is 0 Å². The van der Waals surface area contributed by atoms with Gasteiger partial charge < -0.3 is 18.9 Å². The van der Waals surface area contributed by atoms with E-state index in [9.17, 15) is 0 Å². The van der Waals surface area contributed by atoms with Gasteiger partial charge in [0, 0.05) is 11.8 Å². The number of epoxide rings is 2. The van der Waals surface area contributed by atoms with E-state index in [1.807, 2.05) is 24.3 Å². The minimum absolute atomic E-state index is 0.398. The number of rotatable bonds is 11. The highest BCUT2D eigenvalue weighted by atomic mass is 16.6. The molecular weight excluding hydrogens is 352 g/mol. The van der Waals surface area contributed by atoms with E-state index in [0.29, 0.717) is 24.0 Å². The highest BCUT2D eigenvalue weighted by Gasteiger charge is 2.32. The summed E-state index contributed by atoms with van der Waals surface area (Å²) in [5.41, 5.74) is 2.35. The third kappa shape index (κ3) is 5.06. The largest absolute Gasteiger partial charge is 0.493 e. The third-order valence-corrected chi connectivity index (χ3v) is 5.79. The SMILES string of the molecule is CCC(COc1ccc(-c2ccc(OCC(CC)C3CO3)cc2)cc1)C1CO1. The Bertz CT molecular complexity index is 667. The predicted molar refractivity (Wildman–Crippen MR) is 110 cm³/mol. The van der Waals surface area contributed by atoms with Crippen molar-refractivity contribution in [2.45, 2.75) is 38.9 Å². The molecular formula is C24H30O4. The van der Waals surface area contributed by atoms with Crippen LogP contribution < -0.4 is 9.47 Å². The molecule has 2 aliphatic rings. The first-order chi connectivity index (χ1) is 13.8. The van der Waals surface area contributed by atoms with Gasteiger partial charge in [0.2, 0.25) is 0 Å². The second-order valence-electron chi connectivity index (χ2n) is 7.75. The summed E-state index contributed by atoms with van der Waals surface area (Å²) in [6.45, 7) is 7.58. The molecule has 2 aromatic rings. The molecule has 4 heteroatoms. The Labute approximate surface area is 167 Å². The molecule has 0 saturated carbocycles. The van der Waals surface area contributed by atoms with Gasteiger partial charge in [-0.2, -0.15) is 0 Å². The van der Waals surface area contributed by atoms with E-state index in [4.69, 9.17) is 18.9 Å². The molecule has 0 N–H and O–H groups in total. The lowest BCUT2D eigenvalue weighted by Crippen LogP contribution is -2.16. The van der Waals surface area contributed by atoms with Crippen molar-refractivity contribution >= 4 is 0 Å². The standard InChI is InChI=1S/C24H30O4/c1-3-17(23-15-27-23)13-25-21-9-5-19(6-10-21)20-7-11-22(12-8-20)26-14-18(4-2)24-16-28-24/h5-12,17-18,23-24H,3-4,13-16H2,1-2H3. The van der Waals surface area contributed by atoms with E-state index in [-0.39, 0.29) is 0 Å². The highest BCUT2D eigenvalue weighted by molar-refractivity contribution is 5.64. The van der Waals surface area contributed by atoms with Crippen molar-refractivity contribution in [1.29, 1.82) is 0 Å². The maximum atomic E-state index is 5.95. The fourth-order valence-electron chi connectivity index (χ4n) is 3.53. The second-order valence-corrected chi connectivity index (χ2v) is 7.75. The van der Waals surface area contributed by atoms with Crippen LogP contribution in [0.5, 0.6) is 11.5 Å². The van der Waals surface area contributed by atoms with Crippen LogP contribution in [0.4, 0.5) is 0 Å². The average Bonchev–Trinajstić information content (AvgIpc) is 3.64. The molecule has 150 valence electrons. The smallest absolute Gasteiger partial charge is 0.119 e.